The number of anilines is 1. The molecule has 0 bridgehead atoms. The van der Waals surface area contributed by atoms with E-state index < -0.39 is 5.82 Å². The molecule has 0 saturated carbocycles. The largest absolute Gasteiger partial charge is 0.493 e. The van der Waals surface area contributed by atoms with Gasteiger partial charge in [-0.2, -0.15) is 5.10 Å². The first-order valence-electron chi connectivity index (χ1n) is 4.86. The molecule has 0 aliphatic carbocycles. The summed E-state index contributed by atoms with van der Waals surface area (Å²) in [6.45, 7) is 0. The van der Waals surface area contributed by atoms with E-state index in [2.05, 4.69) is 5.10 Å². The smallest absolute Gasteiger partial charge is 0.165 e. The minimum absolute atomic E-state index is 0.0669. The van der Waals surface area contributed by atoms with E-state index in [9.17, 15) is 4.39 Å². The van der Waals surface area contributed by atoms with E-state index in [-0.39, 0.29) is 5.75 Å². The molecule has 90 valence electrons. The van der Waals surface area contributed by atoms with Crippen LogP contribution in [0.5, 0.6) is 5.75 Å². The lowest BCUT2D eigenvalue weighted by molar-refractivity contribution is 0.388. The van der Waals surface area contributed by atoms with E-state index in [1.807, 2.05) is 0 Å². The van der Waals surface area contributed by atoms with Crippen molar-refractivity contribution in [3.63, 3.8) is 0 Å². The van der Waals surface area contributed by atoms with Gasteiger partial charge in [0.1, 0.15) is 5.82 Å². The maximum atomic E-state index is 13.6. The van der Waals surface area contributed by atoms with Crippen molar-refractivity contribution in [3.8, 4) is 16.9 Å². The molecule has 1 aromatic carbocycles. The van der Waals surface area contributed by atoms with Gasteiger partial charge in [0.25, 0.3) is 0 Å². The Hall–Kier alpha value is -1.75. The minimum atomic E-state index is -0.491. The van der Waals surface area contributed by atoms with Gasteiger partial charge < -0.3 is 10.5 Å². The van der Waals surface area contributed by atoms with Gasteiger partial charge in [-0.05, 0) is 12.1 Å². The zero-order valence-electron chi connectivity index (χ0n) is 9.37. The molecule has 0 aliphatic heterocycles. The number of hydrogen-bond acceptors (Lipinski definition) is 3. The van der Waals surface area contributed by atoms with Crippen LogP contribution in [0.25, 0.3) is 11.1 Å². The van der Waals surface area contributed by atoms with Gasteiger partial charge in [-0.1, -0.05) is 11.6 Å². The first-order valence-corrected chi connectivity index (χ1v) is 5.24. The second-order valence-corrected chi connectivity index (χ2v) is 3.91. The number of halogens is 2. The number of nitrogens with two attached hydrogens (primary N) is 1. The molecule has 0 fully saturated rings. The third kappa shape index (κ3) is 1.82. The summed E-state index contributed by atoms with van der Waals surface area (Å²) in [6.07, 6.45) is 1.53. The molecular weight excluding hydrogens is 245 g/mol. The Morgan fingerprint density at radius 1 is 1.47 bits per heavy atom. The molecule has 0 radical (unpaired) electrons. The quantitative estimate of drug-likeness (QED) is 0.897. The van der Waals surface area contributed by atoms with Crippen LogP contribution in [0.3, 0.4) is 0 Å². The summed E-state index contributed by atoms with van der Waals surface area (Å²) in [4.78, 5) is 0. The average molecular weight is 256 g/mol. The molecule has 4 nitrogen and oxygen atoms in total. The minimum Gasteiger partial charge on any atom is -0.493 e. The molecule has 0 unspecified atom stereocenters. The van der Waals surface area contributed by atoms with Crippen molar-refractivity contribution in [1.82, 2.24) is 9.78 Å². The number of aromatic nitrogens is 2. The number of methoxy groups -OCH3 is 1. The SMILES string of the molecule is COc1c(F)ccc(Cl)c1-c1cnn(C)c1N. The fraction of sp³-hybridized carbons (Fsp3) is 0.182. The second kappa shape index (κ2) is 4.25. The molecule has 0 spiro atoms. The van der Waals surface area contributed by atoms with E-state index in [0.717, 1.165) is 0 Å². The normalized spacial score (nSPS) is 10.6. The molecule has 0 amide bonds. The zero-order chi connectivity index (χ0) is 12.6. The van der Waals surface area contributed by atoms with Gasteiger partial charge in [0.15, 0.2) is 11.6 Å². The predicted octanol–water partition coefficient (Wildman–Crippen LogP) is 2.47. The van der Waals surface area contributed by atoms with Gasteiger partial charge in [0.2, 0.25) is 0 Å². The van der Waals surface area contributed by atoms with Gasteiger partial charge in [0, 0.05) is 12.6 Å². The topological polar surface area (TPSA) is 53.1 Å². The number of nitrogen functional groups attached to an aromatic ring is 1. The Kier molecular flexibility index (Phi) is 2.93. The second-order valence-electron chi connectivity index (χ2n) is 3.50. The third-order valence-electron chi connectivity index (χ3n) is 2.52. The number of nitrogens with zero attached hydrogens (tertiary/aromatic N) is 2. The van der Waals surface area contributed by atoms with E-state index in [1.54, 1.807) is 7.05 Å². The molecule has 0 aliphatic rings. The van der Waals surface area contributed by atoms with Crippen molar-refractivity contribution in [2.24, 2.45) is 7.05 Å². The first-order chi connectivity index (χ1) is 8.06. The molecule has 17 heavy (non-hydrogen) atoms. The fourth-order valence-electron chi connectivity index (χ4n) is 1.62. The predicted molar refractivity (Wildman–Crippen MR) is 64.6 cm³/mol. The molecule has 2 rings (SSSR count). The molecule has 1 heterocycles. The summed E-state index contributed by atoms with van der Waals surface area (Å²) in [5, 5.41) is 4.36. The van der Waals surface area contributed by atoms with Crippen LogP contribution in [0.1, 0.15) is 0 Å². The summed E-state index contributed by atoms with van der Waals surface area (Å²) in [5.41, 5.74) is 6.81. The lowest BCUT2D eigenvalue weighted by Crippen LogP contribution is -1.99. The van der Waals surface area contributed by atoms with Crippen molar-refractivity contribution in [1.29, 1.82) is 0 Å². The van der Waals surface area contributed by atoms with Gasteiger partial charge in [0.05, 0.1) is 23.9 Å². The van der Waals surface area contributed by atoms with Crippen LogP contribution < -0.4 is 10.5 Å². The van der Waals surface area contributed by atoms with E-state index in [0.29, 0.717) is 22.0 Å². The zero-order valence-corrected chi connectivity index (χ0v) is 10.1. The van der Waals surface area contributed by atoms with E-state index >= 15 is 0 Å². The van der Waals surface area contributed by atoms with Crippen LogP contribution in [0.15, 0.2) is 18.3 Å². The summed E-state index contributed by atoms with van der Waals surface area (Å²) in [5.74, 6) is -0.0249. The Morgan fingerprint density at radius 3 is 2.71 bits per heavy atom. The molecule has 2 aromatic rings. The van der Waals surface area contributed by atoms with Crippen molar-refractivity contribution in [2.75, 3.05) is 12.8 Å². The monoisotopic (exact) mass is 255 g/mol. The maximum absolute atomic E-state index is 13.6. The van der Waals surface area contributed by atoms with Gasteiger partial charge in [-0.3, -0.25) is 4.68 Å². The molecular formula is C11H11ClFN3O. The first kappa shape index (κ1) is 11.7. The van der Waals surface area contributed by atoms with Crippen LogP contribution in [-0.2, 0) is 7.05 Å². The molecule has 0 atom stereocenters. The van der Waals surface area contributed by atoms with Gasteiger partial charge in [-0.15, -0.1) is 0 Å². The molecule has 0 saturated heterocycles. The summed E-state index contributed by atoms with van der Waals surface area (Å²) in [6, 6.07) is 2.71. The van der Waals surface area contributed by atoms with Gasteiger partial charge >= 0.3 is 0 Å². The van der Waals surface area contributed by atoms with Gasteiger partial charge in [-0.25, -0.2) is 4.39 Å². The number of aryl methyl sites for hydroxylation is 1. The maximum Gasteiger partial charge on any atom is 0.165 e. The van der Waals surface area contributed by atoms with Crippen molar-refractivity contribution >= 4 is 17.4 Å². The Balaban J connectivity index is 2.74. The summed E-state index contributed by atoms with van der Waals surface area (Å²) < 4.78 is 20.1. The highest BCUT2D eigenvalue weighted by Gasteiger charge is 2.19. The highest BCUT2D eigenvalue weighted by Crippen LogP contribution is 2.40. The van der Waals surface area contributed by atoms with Crippen molar-refractivity contribution < 1.29 is 9.13 Å². The van der Waals surface area contributed by atoms with Crippen LogP contribution >= 0.6 is 11.6 Å². The standard InChI is InChI=1S/C11H11ClFN3O/c1-16-11(14)6(5-15-16)9-7(12)3-4-8(13)10(9)17-2/h3-5H,14H2,1-2H3. The lowest BCUT2D eigenvalue weighted by atomic mass is 10.1. The van der Waals surface area contributed by atoms with Crippen molar-refractivity contribution in [3.05, 3.63) is 29.2 Å². The summed E-state index contributed by atoms with van der Waals surface area (Å²) >= 11 is 6.06. The van der Waals surface area contributed by atoms with Crippen LogP contribution in [0.2, 0.25) is 5.02 Å². The summed E-state index contributed by atoms with van der Waals surface area (Å²) in [7, 11) is 3.07. The number of hydrogen-bond donors (Lipinski definition) is 1. The number of benzene rings is 1. The molecule has 1 aromatic heterocycles. The Bertz CT molecular complexity index is 568. The number of rotatable bonds is 2. The highest BCUT2D eigenvalue weighted by atomic mass is 35.5. The molecule has 6 heteroatoms. The number of ether oxygens (including phenoxy) is 1. The Morgan fingerprint density at radius 2 is 2.18 bits per heavy atom. The van der Waals surface area contributed by atoms with E-state index in [4.69, 9.17) is 22.1 Å². The fourth-order valence-corrected chi connectivity index (χ4v) is 1.87. The van der Waals surface area contributed by atoms with Crippen LogP contribution in [-0.4, -0.2) is 16.9 Å². The molecule has 2 N–H and O–H groups in total. The average Bonchev–Trinajstić information content (AvgIpc) is 2.63. The van der Waals surface area contributed by atoms with E-state index in [1.165, 1.54) is 30.1 Å². The third-order valence-corrected chi connectivity index (χ3v) is 2.83. The highest BCUT2D eigenvalue weighted by molar-refractivity contribution is 6.33. The Labute approximate surface area is 103 Å². The van der Waals surface area contributed by atoms with Crippen LogP contribution in [0, 0.1) is 5.82 Å². The lowest BCUT2D eigenvalue weighted by Gasteiger charge is -2.10. The van der Waals surface area contributed by atoms with Crippen molar-refractivity contribution in [2.45, 2.75) is 0 Å². The van der Waals surface area contributed by atoms with Crippen LogP contribution in [0.4, 0.5) is 10.2 Å².